The minimum atomic E-state index is 0.117. The molecule has 3 N–H and O–H groups in total. The molecule has 4 nitrogen and oxygen atoms in total. The van der Waals surface area contributed by atoms with Gasteiger partial charge in [0.2, 0.25) is 0 Å². The second-order valence-electron chi connectivity index (χ2n) is 4.71. The van der Waals surface area contributed by atoms with Crippen molar-refractivity contribution in [3.8, 4) is 0 Å². The first-order valence-corrected chi connectivity index (χ1v) is 6.68. The molecule has 0 saturated carbocycles. The van der Waals surface area contributed by atoms with Gasteiger partial charge in [-0.1, -0.05) is 23.7 Å². The number of nitrogens with one attached hydrogen (secondary N) is 1. The van der Waals surface area contributed by atoms with Crippen LogP contribution in [0.4, 0.5) is 0 Å². The molecule has 0 spiro atoms. The Morgan fingerprint density at radius 3 is 2.79 bits per heavy atom. The first-order valence-electron chi connectivity index (χ1n) is 6.31. The SMILES string of the molecule is Cc1cc(C(CCc2ccnn2C)NN)ccc1Cl. The monoisotopic (exact) mass is 278 g/mol. The van der Waals surface area contributed by atoms with Crippen molar-refractivity contribution in [1.29, 1.82) is 0 Å². The van der Waals surface area contributed by atoms with Crippen LogP contribution in [0.3, 0.4) is 0 Å². The topological polar surface area (TPSA) is 55.9 Å². The van der Waals surface area contributed by atoms with E-state index in [2.05, 4.69) is 16.6 Å². The lowest BCUT2D eigenvalue weighted by Gasteiger charge is -2.17. The highest BCUT2D eigenvalue weighted by molar-refractivity contribution is 6.31. The molecule has 2 aromatic rings. The van der Waals surface area contributed by atoms with Gasteiger partial charge in [0, 0.05) is 30.0 Å². The molecule has 0 aliphatic carbocycles. The number of nitrogens with zero attached hydrogens (tertiary/aromatic N) is 2. The van der Waals surface area contributed by atoms with E-state index in [9.17, 15) is 0 Å². The Morgan fingerprint density at radius 1 is 1.42 bits per heavy atom. The average Bonchev–Trinajstić information content (AvgIpc) is 2.80. The summed E-state index contributed by atoms with van der Waals surface area (Å²) in [5.41, 5.74) is 6.30. The van der Waals surface area contributed by atoms with E-state index >= 15 is 0 Å². The van der Waals surface area contributed by atoms with Crippen molar-refractivity contribution in [2.24, 2.45) is 12.9 Å². The molecule has 1 aromatic heterocycles. The molecule has 19 heavy (non-hydrogen) atoms. The Balaban J connectivity index is 2.07. The molecule has 1 atom stereocenters. The average molecular weight is 279 g/mol. The minimum absolute atomic E-state index is 0.117. The number of aromatic nitrogens is 2. The number of rotatable bonds is 5. The van der Waals surface area contributed by atoms with Gasteiger partial charge in [0.1, 0.15) is 0 Å². The maximum atomic E-state index is 6.04. The van der Waals surface area contributed by atoms with E-state index in [4.69, 9.17) is 17.4 Å². The molecule has 0 saturated heterocycles. The van der Waals surface area contributed by atoms with Gasteiger partial charge in [0.25, 0.3) is 0 Å². The Bertz CT molecular complexity index is 550. The summed E-state index contributed by atoms with van der Waals surface area (Å²) in [6.45, 7) is 2.00. The number of aryl methyl sites for hydroxylation is 3. The summed E-state index contributed by atoms with van der Waals surface area (Å²) in [5, 5.41) is 4.95. The van der Waals surface area contributed by atoms with E-state index < -0.39 is 0 Å². The lowest BCUT2D eigenvalue weighted by Crippen LogP contribution is -2.28. The summed E-state index contributed by atoms with van der Waals surface area (Å²) >= 11 is 6.04. The fourth-order valence-corrected chi connectivity index (χ4v) is 2.29. The second-order valence-corrected chi connectivity index (χ2v) is 5.12. The summed E-state index contributed by atoms with van der Waals surface area (Å²) < 4.78 is 1.89. The van der Waals surface area contributed by atoms with E-state index in [0.717, 1.165) is 29.0 Å². The van der Waals surface area contributed by atoms with Crippen LogP contribution >= 0.6 is 11.6 Å². The summed E-state index contributed by atoms with van der Waals surface area (Å²) in [4.78, 5) is 0. The zero-order valence-corrected chi connectivity index (χ0v) is 12.0. The Labute approximate surface area is 118 Å². The smallest absolute Gasteiger partial charge is 0.0492 e. The molecule has 1 aromatic carbocycles. The minimum Gasteiger partial charge on any atom is -0.273 e. The van der Waals surface area contributed by atoms with Crippen LogP contribution in [0, 0.1) is 6.92 Å². The van der Waals surface area contributed by atoms with Crippen LogP contribution in [0.5, 0.6) is 0 Å². The molecule has 0 aliphatic heterocycles. The van der Waals surface area contributed by atoms with Crippen molar-refractivity contribution in [2.75, 3.05) is 0 Å². The highest BCUT2D eigenvalue weighted by Crippen LogP contribution is 2.23. The standard InChI is InChI=1S/C14H19ClN4/c1-10-9-11(3-5-13(10)15)14(18-16)6-4-12-7-8-17-19(12)2/h3,5,7-9,14,18H,4,6,16H2,1-2H3. The molecule has 0 radical (unpaired) electrons. The Hall–Kier alpha value is -1.36. The number of benzene rings is 1. The predicted molar refractivity (Wildman–Crippen MR) is 77.8 cm³/mol. The quantitative estimate of drug-likeness (QED) is 0.653. The van der Waals surface area contributed by atoms with Gasteiger partial charge in [0.05, 0.1) is 0 Å². The van der Waals surface area contributed by atoms with Crippen molar-refractivity contribution in [3.63, 3.8) is 0 Å². The number of nitrogens with two attached hydrogens (primary N) is 1. The highest BCUT2D eigenvalue weighted by atomic mass is 35.5. The molecule has 0 bridgehead atoms. The fourth-order valence-electron chi connectivity index (χ4n) is 2.17. The van der Waals surface area contributed by atoms with E-state index in [1.165, 1.54) is 5.69 Å². The maximum Gasteiger partial charge on any atom is 0.0492 e. The summed E-state index contributed by atoms with van der Waals surface area (Å²) in [7, 11) is 1.95. The van der Waals surface area contributed by atoms with Gasteiger partial charge < -0.3 is 0 Å². The molecule has 0 aliphatic rings. The van der Waals surface area contributed by atoms with Crippen LogP contribution < -0.4 is 11.3 Å². The molecule has 5 heteroatoms. The van der Waals surface area contributed by atoms with E-state index in [1.807, 2.05) is 43.0 Å². The maximum absolute atomic E-state index is 6.04. The number of hydrazine groups is 1. The Morgan fingerprint density at radius 2 is 2.21 bits per heavy atom. The number of hydrogen-bond acceptors (Lipinski definition) is 3. The van der Waals surface area contributed by atoms with E-state index in [-0.39, 0.29) is 6.04 Å². The first kappa shape index (κ1) is 14.1. The van der Waals surface area contributed by atoms with Gasteiger partial charge in [-0.3, -0.25) is 16.0 Å². The third-order valence-corrected chi connectivity index (χ3v) is 3.82. The van der Waals surface area contributed by atoms with Gasteiger partial charge in [-0.25, -0.2) is 0 Å². The summed E-state index contributed by atoms with van der Waals surface area (Å²) in [6, 6.07) is 8.16. The van der Waals surface area contributed by atoms with Crippen molar-refractivity contribution >= 4 is 11.6 Å². The van der Waals surface area contributed by atoms with Crippen LogP contribution in [0.15, 0.2) is 30.5 Å². The van der Waals surface area contributed by atoms with Gasteiger partial charge in [-0.05, 0) is 43.0 Å². The molecule has 1 unspecified atom stereocenters. The van der Waals surface area contributed by atoms with Crippen LogP contribution in [0.2, 0.25) is 5.02 Å². The third kappa shape index (κ3) is 3.35. The number of hydrogen-bond donors (Lipinski definition) is 2. The van der Waals surface area contributed by atoms with Gasteiger partial charge in [-0.15, -0.1) is 0 Å². The van der Waals surface area contributed by atoms with E-state index in [1.54, 1.807) is 0 Å². The lowest BCUT2D eigenvalue weighted by atomic mass is 10.00. The van der Waals surface area contributed by atoms with Gasteiger partial charge in [-0.2, -0.15) is 5.10 Å². The van der Waals surface area contributed by atoms with Crippen molar-refractivity contribution in [2.45, 2.75) is 25.8 Å². The second kappa shape index (κ2) is 6.19. The molecule has 102 valence electrons. The molecule has 2 rings (SSSR count). The van der Waals surface area contributed by atoms with Crippen molar-refractivity contribution in [1.82, 2.24) is 15.2 Å². The zero-order valence-electron chi connectivity index (χ0n) is 11.2. The molecular weight excluding hydrogens is 260 g/mol. The normalized spacial score (nSPS) is 12.6. The van der Waals surface area contributed by atoms with Crippen LogP contribution in [-0.4, -0.2) is 9.78 Å². The lowest BCUT2D eigenvalue weighted by molar-refractivity contribution is 0.506. The van der Waals surface area contributed by atoms with Crippen LogP contribution in [-0.2, 0) is 13.5 Å². The van der Waals surface area contributed by atoms with Crippen molar-refractivity contribution in [3.05, 3.63) is 52.3 Å². The molecule has 0 fully saturated rings. The van der Waals surface area contributed by atoms with Gasteiger partial charge >= 0.3 is 0 Å². The summed E-state index contributed by atoms with van der Waals surface area (Å²) in [5.74, 6) is 5.67. The third-order valence-electron chi connectivity index (χ3n) is 3.40. The largest absolute Gasteiger partial charge is 0.273 e. The first-order chi connectivity index (χ1) is 9.11. The molecular formula is C14H19ClN4. The van der Waals surface area contributed by atoms with Crippen molar-refractivity contribution < 1.29 is 0 Å². The van der Waals surface area contributed by atoms with E-state index in [0.29, 0.717) is 0 Å². The Kier molecular flexibility index (Phi) is 4.58. The zero-order chi connectivity index (χ0) is 13.8. The molecule has 0 amide bonds. The van der Waals surface area contributed by atoms with Crippen LogP contribution in [0.25, 0.3) is 0 Å². The van der Waals surface area contributed by atoms with Crippen LogP contribution in [0.1, 0.15) is 29.3 Å². The molecule has 1 heterocycles. The van der Waals surface area contributed by atoms with Gasteiger partial charge in [0.15, 0.2) is 0 Å². The highest BCUT2D eigenvalue weighted by Gasteiger charge is 2.12. The predicted octanol–water partition coefficient (Wildman–Crippen LogP) is 2.52. The number of halogens is 1. The fraction of sp³-hybridized carbons (Fsp3) is 0.357. The summed E-state index contributed by atoms with van der Waals surface area (Å²) in [6.07, 6.45) is 3.65.